The van der Waals surface area contributed by atoms with E-state index in [0.29, 0.717) is 24.0 Å². The maximum absolute atomic E-state index is 5.85. The summed E-state index contributed by atoms with van der Waals surface area (Å²) in [5.74, 6) is 0.772. The highest BCUT2D eigenvalue weighted by Crippen LogP contribution is 2.19. The smallest absolute Gasteiger partial charge is 0.246 e. The summed E-state index contributed by atoms with van der Waals surface area (Å²) >= 11 is 0. The molecule has 0 aliphatic rings. The Morgan fingerprint density at radius 2 is 2.05 bits per heavy atom. The molecular weight excluding hydrogens is 256 g/mol. The van der Waals surface area contributed by atoms with Crippen molar-refractivity contribution in [3.8, 4) is 11.5 Å². The summed E-state index contributed by atoms with van der Waals surface area (Å²) in [6.07, 6.45) is 0. The Bertz CT molecular complexity index is 726. The summed E-state index contributed by atoms with van der Waals surface area (Å²) in [6.45, 7) is 0.326. The molecule has 1 atom stereocenters. The van der Waals surface area contributed by atoms with E-state index in [1.165, 1.54) is 0 Å². The van der Waals surface area contributed by atoms with Gasteiger partial charge in [0.05, 0.1) is 12.1 Å². The van der Waals surface area contributed by atoms with Crippen LogP contribution in [0.4, 0.5) is 0 Å². The first-order chi connectivity index (χ1) is 9.78. The fourth-order valence-corrected chi connectivity index (χ4v) is 1.93. The maximum Gasteiger partial charge on any atom is 0.246 e. The topological polar surface area (TPSA) is 87.1 Å². The van der Waals surface area contributed by atoms with Crippen molar-refractivity contribution in [2.75, 3.05) is 13.7 Å². The fourth-order valence-electron chi connectivity index (χ4n) is 1.93. The Labute approximate surface area is 115 Å². The molecule has 0 radical (unpaired) electrons. The second-order valence-corrected chi connectivity index (χ2v) is 4.41. The largest absolute Gasteiger partial charge is 0.383 e. The molecule has 2 heterocycles. The number of nitrogens with two attached hydrogens (primary N) is 1. The van der Waals surface area contributed by atoms with Crippen molar-refractivity contribution in [2.45, 2.75) is 6.04 Å². The second-order valence-electron chi connectivity index (χ2n) is 4.41. The molecule has 102 valence electrons. The molecule has 6 heteroatoms. The van der Waals surface area contributed by atoms with Gasteiger partial charge < -0.3 is 15.0 Å². The molecule has 3 aromatic rings. The number of benzene rings is 1. The first-order valence-electron chi connectivity index (χ1n) is 6.22. The van der Waals surface area contributed by atoms with E-state index >= 15 is 0 Å². The number of rotatable bonds is 4. The van der Waals surface area contributed by atoms with Crippen molar-refractivity contribution in [1.82, 2.24) is 15.1 Å². The van der Waals surface area contributed by atoms with Gasteiger partial charge in [-0.1, -0.05) is 29.4 Å². The van der Waals surface area contributed by atoms with Gasteiger partial charge in [0.15, 0.2) is 0 Å². The SMILES string of the molecule is COCC(N)c1nc(-c2ccc3ccccc3n2)no1. The van der Waals surface area contributed by atoms with E-state index < -0.39 is 6.04 Å². The van der Waals surface area contributed by atoms with Crippen molar-refractivity contribution >= 4 is 10.9 Å². The van der Waals surface area contributed by atoms with Crippen LogP contribution in [0.1, 0.15) is 11.9 Å². The summed E-state index contributed by atoms with van der Waals surface area (Å²) in [5.41, 5.74) is 7.39. The highest BCUT2D eigenvalue weighted by atomic mass is 16.5. The van der Waals surface area contributed by atoms with Gasteiger partial charge in [-0.05, 0) is 12.1 Å². The molecule has 2 aromatic heterocycles. The van der Waals surface area contributed by atoms with E-state index in [9.17, 15) is 0 Å². The Kier molecular flexibility index (Phi) is 3.41. The van der Waals surface area contributed by atoms with E-state index in [0.717, 1.165) is 10.9 Å². The van der Waals surface area contributed by atoms with Gasteiger partial charge in [0, 0.05) is 12.5 Å². The van der Waals surface area contributed by atoms with Crippen LogP contribution in [-0.2, 0) is 4.74 Å². The molecule has 0 bridgehead atoms. The van der Waals surface area contributed by atoms with E-state index in [1.54, 1.807) is 7.11 Å². The van der Waals surface area contributed by atoms with Gasteiger partial charge in [-0.3, -0.25) is 0 Å². The summed E-state index contributed by atoms with van der Waals surface area (Å²) < 4.78 is 10.1. The van der Waals surface area contributed by atoms with Crippen LogP contribution in [0.2, 0.25) is 0 Å². The average molecular weight is 270 g/mol. The zero-order valence-corrected chi connectivity index (χ0v) is 11.0. The van der Waals surface area contributed by atoms with Crippen LogP contribution in [-0.4, -0.2) is 28.8 Å². The van der Waals surface area contributed by atoms with Crippen LogP contribution < -0.4 is 5.73 Å². The number of ether oxygens (including phenoxy) is 1. The fraction of sp³-hybridized carbons (Fsp3) is 0.214. The number of fused-ring (bicyclic) bond motifs is 1. The zero-order valence-electron chi connectivity index (χ0n) is 11.0. The van der Waals surface area contributed by atoms with Crippen molar-refractivity contribution in [2.24, 2.45) is 5.73 Å². The van der Waals surface area contributed by atoms with Crippen LogP contribution in [0.5, 0.6) is 0 Å². The lowest BCUT2D eigenvalue weighted by molar-refractivity contribution is 0.166. The minimum Gasteiger partial charge on any atom is -0.383 e. The molecule has 1 aromatic carbocycles. The molecule has 3 rings (SSSR count). The van der Waals surface area contributed by atoms with Crippen LogP contribution >= 0.6 is 0 Å². The van der Waals surface area contributed by atoms with Gasteiger partial charge in [-0.25, -0.2) is 4.98 Å². The number of pyridine rings is 1. The lowest BCUT2D eigenvalue weighted by Crippen LogP contribution is -2.16. The van der Waals surface area contributed by atoms with Gasteiger partial charge in [-0.2, -0.15) is 4.98 Å². The van der Waals surface area contributed by atoms with Crippen molar-refractivity contribution in [3.05, 3.63) is 42.3 Å². The van der Waals surface area contributed by atoms with E-state index in [4.69, 9.17) is 15.0 Å². The zero-order chi connectivity index (χ0) is 13.9. The van der Waals surface area contributed by atoms with Crippen molar-refractivity contribution in [1.29, 1.82) is 0 Å². The minimum atomic E-state index is -0.429. The van der Waals surface area contributed by atoms with E-state index in [1.807, 2.05) is 36.4 Å². The average Bonchev–Trinajstić information content (AvgIpc) is 2.97. The van der Waals surface area contributed by atoms with Crippen LogP contribution in [0.15, 0.2) is 40.9 Å². The molecule has 0 spiro atoms. The molecule has 0 aliphatic heterocycles. The third kappa shape index (κ3) is 2.38. The molecule has 1 unspecified atom stereocenters. The Balaban J connectivity index is 1.94. The Morgan fingerprint density at radius 1 is 1.20 bits per heavy atom. The first kappa shape index (κ1) is 12.7. The lowest BCUT2D eigenvalue weighted by atomic mass is 10.2. The lowest BCUT2D eigenvalue weighted by Gasteiger charge is -2.02. The molecule has 0 aliphatic carbocycles. The molecule has 0 saturated heterocycles. The van der Waals surface area contributed by atoms with Crippen LogP contribution in [0.3, 0.4) is 0 Å². The minimum absolute atomic E-state index is 0.326. The third-order valence-corrected chi connectivity index (χ3v) is 2.93. The van der Waals surface area contributed by atoms with E-state index in [-0.39, 0.29) is 0 Å². The van der Waals surface area contributed by atoms with Gasteiger partial charge in [0.1, 0.15) is 11.7 Å². The van der Waals surface area contributed by atoms with Gasteiger partial charge >= 0.3 is 0 Å². The summed E-state index contributed by atoms with van der Waals surface area (Å²) in [6, 6.07) is 11.3. The predicted molar refractivity (Wildman–Crippen MR) is 73.8 cm³/mol. The summed E-state index contributed by atoms with van der Waals surface area (Å²) in [5, 5.41) is 4.98. The third-order valence-electron chi connectivity index (χ3n) is 2.93. The summed E-state index contributed by atoms with van der Waals surface area (Å²) in [7, 11) is 1.57. The van der Waals surface area contributed by atoms with Crippen molar-refractivity contribution in [3.63, 3.8) is 0 Å². The molecule has 6 nitrogen and oxygen atoms in total. The van der Waals surface area contributed by atoms with Gasteiger partial charge in [0.25, 0.3) is 0 Å². The molecular formula is C14H14N4O2. The monoisotopic (exact) mass is 270 g/mol. The predicted octanol–water partition coefficient (Wildman–Crippen LogP) is 1.93. The quantitative estimate of drug-likeness (QED) is 0.779. The molecule has 0 amide bonds. The van der Waals surface area contributed by atoms with Gasteiger partial charge in [0.2, 0.25) is 11.7 Å². The molecule has 0 saturated carbocycles. The number of hydrogen-bond acceptors (Lipinski definition) is 6. The Morgan fingerprint density at radius 3 is 2.90 bits per heavy atom. The summed E-state index contributed by atoms with van der Waals surface area (Å²) in [4.78, 5) is 8.77. The normalized spacial score (nSPS) is 12.7. The number of hydrogen-bond donors (Lipinski definition) is 1. The maximum atomic E-state index is 5.85. The number of nitrogens with zero attached hydrogens (tertiary/aromatic N) is 3. The van der Waals surface area contributed by atoms with Crippen molar-refractivity contribution < 1.29 is 9.26 Å². The molecule has 2 N–H and O–H groups in total. The number of methoxy groups -OCH3 is 1. The van der Waals surface area contributed by atoms with Crippen LogP contribution in [0, 0.1) is 0 Å². The first-order valence-corrected chi connectivity index (χ1v) is 6.22. The highest BCUT2D eigenvalue weighted by molar-refractivity contribution is 5.80. The number of aromatic nitrogens is 3. The Hall–Kier alpha value is -2.31. The van der Waals surface area contributed by atoms with Gasteiger partial charge in [-0.15, -0.1) is 0 Å². The molecule has 0 fully saturated rings. The van der Waals surface area contributed by atoms with Crippen LogP contribution in [0.25, 0.3) is 22.4 Å². The number of para-hydroxylation sites is 1. The van der Waals surface area contributed by atoms with E-state index in [2.05, 4.69) is 15.1 Å². The standard InChI is InChI=1S/C14H14N4O2/c1-19-8-10(15)14-17-13(18-20-14)12-7-6-9-4-2-3-5-11(9)16-12/h2-7,10H,8,15H2,1H3. The molecule has 20 heavy (non-hydrogen) atoms. The highest BCUT2D eigenvalue weighted by Gasteiger charge is 2.16. The second kappa shape index (κ2) is 5.36.